The maximum atomic E-state index is 9.40. The minimum Gasteiger partial charge on any atom is -0.309 e. The molecule has 0 radical (unpaired) electrons. The Hall–Kier alpha value is -5.19. The van der Waals surface area contributed by atoms with Gasteiger partial charge in [-0.2, -0.15) is 10.5 Å². The topological polar surface area (TPSA) is 65.4 Å². The molecule has 0 saturated carbocycles. The average Bonchev–Trinajstić information content (AvgIpc) is 3.27. The van der Waals surface area contributed by atoms with Crippen LogP contribution in [0, 0.1) is 22.7 Å². The Labute approximate surface area is 202 Å². The van der Waals surface area contributed by atoms with E-state index in [-0.39, 0.29) is 0 Å². The van der Waals surface area contributed by atoms with Crippen LogP contribution in [0.15, 0.2) is 109 Å². The second-order valence-corrected chi connectivity index (χ2v) is 8.34. The first-order chi connectivity index (χ1) is 17.3. The highest BCUT2D eigenvalue weighted by Gasteiger charge is 2.13. The first kappa shape index (κ1) is 20.4. The highest BCUT2D eigenvalue weighted by molar-refractivity contribution is 6.09. The summed E-state index contributed by atoms with van der Waals surface area (Å²) in [5, 5.41) is 21.0. The second-order valence-electron chi connectivity index (χ2n) is 8.34. The number of fused-ring (bicyclic) bond motifs is 3. The fourth-order valence-electron chi connectivity index (χ4n) is 4.69. The molecule has 162 valence electrons. The van der Waals surface area contributed by atoms with Gasteiger partial charge in [0.2, 0.25) is 0 Å². The molecular formula is C31H18N4. The maximum absolute atomic E-state index is 9.40. The predicted molar refractivity (Wildman–Crippen MR) is 139 cm³/mol. The molecule has 0 bridgehead atoms. The van der Waals surface area contributed by atoms with Gasteiger partial charge in [-0.25, -0.2) is 0 Å². The Morgan fingerprint density at radius 1 is 0.600 bits per heavy atom. The van der Waals surface area contributed by atoms with Crippen molar-refractivity contribution < 1.29 is 0 Å². The number of pyridine rings is 1. The number of benzene rings is 4. The Balaban J connectivity index is 1.47. The van der Waals surface area contributed by atoms with Crippen LogP contribution < -0.4 is 0 Å². The number of nitrogens with zero attached hydrogens (tertiary/aromatic N) is 4. The predicted octanol–water partition coefficient (Wildman–Crippen LogP) is 7.26. The van der Waals surface area contributed by atoms with Crippen molar-refractivity contribution >= 4 is 21.8 Å². The molecule has 4 nitrogen and oxygen atoms in total. The molecule has 4 heteroatoms. The summed E-state index contributed by atoms with van der Waals surface area (Å²) >= 11 is 0. The van der Waals surface area contributed by atoms with Crippen molar-refractivity contribution in [1.29, 1.82) is 10.5 Å². The molecule has 35 heavy (non-hydrogen) atoms. The van der Waals surface area contributed by atoms with Gasteiger partial charge in [0.25, 0.3) is 0 Å². The second kappa shape index (κ2) is 8.30. The molecule has 0 aliphatic rings. The highest BCUT2D eigenvalue weighted by atomic mass is 15.0. The summed E-state index contributed by atoms with van der Waals surface area (Å²) in [6.45, 7) is 0. The summed E-state index contributed by atoms with van der Waals surface area (Å²) in [4.78, 5) is 4.39. The van der Waals surface area contributed by atoms with E-state index < -0.39 is 0 Å². The molecule has 0 amide bonds. The van der Waals surface area contributed by atoms with Gasteiger partial charge >= 0.3 is 0 Å². The van der Waals surface area contributed by atoms with Gasteiger partial charge in [0.05, 0.1) is 33.9 Å². The lowest BCUT2D eigenvalue weighted by molar-refractivity contribution is 1.18. The van der Waals surface area contributed by atoms with Crippen LogP contribution >= 0.6 is 0 Å². The Bertz CT molecular complexity index is 1810. The molecule has 0 saturated heterocycles. The molecule has 2 aromatic heterocycles. The Kier molecular flexibility index (Phi) is 4.84. The zero-order valence-corrected chi connectivity index (χ0v) is 18.7. The van der Waals surface area contributed by atoms with E-state index in [2.05, 4.69) is 70.2 Å². The van der Waals surface area contributed by atoms with Crippen LogP contribution in [0.5, 0.6) is 0 Å². The van der Waals surface area contributed by atoms with Crippen molar-refractivity contribution in [3.05, 3.63) is 120 Å². The van der Waals surface area contributed by atoms with Crippen LogP contribution in [-0.4, -0.2) is 9.55 Å². The lowest BCUT2D eigenvalue weighted by Crippen LogP contribution is -1.94. The Morgan fingerprint density at radius 2 is 1.40 bits per heavy atom. The fourth-order valence-corrected chi connectivity index (χ4v) is 4.69. The van der Waals surface area contributed by atoms with Crippen LogP contribution in [0.1, 0.15) is 11.1 Å². The largest absolute Gasteiger partial charge is 0.309 e. The number of rotatable bonds is 3. The van der Waals surface area contributed by atoms with Crippen molar-refractivity contribution in [3.63, 3.8) is 0 Å². The van der Waals surface area contributed by atoms with E-state index in [1.54, 1.807) is 18.3 Å². The molecule has 0 spiro atoms. The number of para-hydroxylation sites is 1. The van der Waals surface area contributed by atoms with E-state index in [4.69, 9.17) is 0 Å². The van der Waals surface area contributed by atoms with E-state index in [9.17, 15) is 10.5 Å². The summed E-state index contributed by atoms with van der Waals surface area (Å²) < 4.78 is 2.25. The number of hydrogen-bond acceptors (Lipinski definition) is 3. The van der Waals surface area contributed by atoms with Gasteiger partial charge in [0.15, 0.2) is 0 Å². The average molecular weight is 447 g/mol. The van der Waals surface area contributed by atoms with Crippen LogP contribution in [0.4, 0.5) is 0 Å². The van der Waals surface area contributed by atoms with Crippen LogP contribution in [0.2, 0.25) is 0 Å². The van der Waals surface area contributed by atoms with E-state index >= 15 is 0 Å². The summed E-state index contributed by atoms with van der Waals surface area (Å²) in [6.07, 6.45) is 1.71. The number of hydrogen-bond donors (Lipinski definition) is 0. The zero-order chi connectivity index (χ0) is 23.8. The minimum atomic E-state index is 0.563. The molecule has 4 aromatic carbocycles. The van der Waals surface area contributed by atoms with Crippen LogP contribution in [0.3, 0.4) is 0 Å². The van der Waals surface area contributed by atoms with Crippen molar-refractivity contribution in [2.45, 2.75) is 0 Å². The molecule has 0 fully saturated rings. The molecule has 0 atom stereocenters. The first-order valence-corrected chi connectivity index (χ1v) is 11.3. The minimum absolute atomic E-state index is 0.563. The van der Waals surface area contributed by atoms with Gasteiger partial charge in [-0.05, 0) is 59.7 Å². The van der Waals surface area contributed by atoms with E-state index in [1.807, 2.05) is 42.5 Å². The quantitative estimate of drug-likeness (QED) is 0.287. The van der Waals surface area contributed by atoms with Crippen LogP contribution in [-0.2, 0) is 0 Å². The summed E-state index contributed by atoms with van der Waals surface area (Å²) in [5.74, 6) is 0. The lowest BCUT2D eigenvalue weighted by Gasteiger charge is -2.11. The molecule has 0 aliphatic heterocycles. The van der Waals surface area contributed by atoms with Crippen molar-refractivity contribution in [2.75, 3.05) is 0 Å². The van der Waals surface area contributed by atoms with Crippen molar-refractivity contribution in [1.82, 2.24) is 9.55 Å². The van der Waals surface area contributed by atoms with E-state index in [0.29, 0.717) is 16.8 Å². The number of aromatic nitrogens is 2. The molecule has 0 unspecified atom stereocenters. The molecule has 0 N–H and O–H groups in total. The third-order valence-corrected chi connectivity index (χ3v) is 6.33. The molecule has 6 rings (SSSR count). The number of nitriles is 2. The van der Waals surface area contributed by atoms with E-state index in [1.165, 1.54) is 0 Å². The zero-order valence-electron chi connectivity index (χ0n) is 18.7. The summed E-state index contributed by atoms with van der Waals surface area (Å²) in [6, 6.07) is 38.8. The standard InChI is InChI=1S/C31H18N4/c32-19-21-10-15-30-28(17-21)27-8-1-2-9-29(27)35(30)26-7-3-5-24(18-26)22-11-13-23(14-12-22)31-25(20-33)6-4-16-34-31/h1-18H. The summed E-state index contributed by atoms with van der Waals surface area (Å²) in [7, 11) is 0. The van der Waals surface area contributed by atoms with Gasteiger partial charge in [-0.15, -0.1) is 0 Å². The normalized spacial score (nSPS) is 10.8. The van der Waals surface area contributed by atoms with Gasteiger partial charge in [-0.1, -0.05) is 54.6 Å². The van der Waals surface area contributed by atoms with Crippen molar-refractivity contribution in [2.24, 2.45) is 0 Å². The SMILES string of the molecule is N#Cc1ccc2c(c1)c1ccccc1n2-c1cccc(-c2ccc(-c3ncccc3C#N)cc2)c1. The van der Waals surface area contributed by atoms with Gasteiger partial charge in [0, 0.05) is 28.2 Å². The smallest absolute Gasteiger partial charge is 0.101 e. The highest BCUT2D eigenvalue weighted by Crippen LogP contribution is 2.34. The monoisotopic (exact) mass is 446 g/mol. The van der Waals surface area contributed by atoms with E-state index in [0.717, 1.165) is 44.2 Å². The van der Waals surface area contributed by atoms with Crippen LogP contribution in [0.25, 0.3) is 49.9 Å². The lowest BCUT2D eigenvalue weighted by atomic mass is 10.0. The third-order valence-electron chi connectivity index (χ3n) is 6.33. The maximum Gasteiger partial charge on any atom is 0.101 e. The first-order valence-electron chi connectivity index (χ1n) is 11.3. The Morgan fingerprint density at radius 3 is 2.23 bits per heavy atom. The van der Waals surface area contributed by atoms with Gasteiger partial charge < -0.3 is 4.57 Å². The third kappa shape index (κ3) is 3.42. The molecule has 6 aromatic rings. The molecule has 2 heterocycles. The summed E-state index contributed by atoms with van der Waals surface area (Å²) in [5.41, 5.74) is 8.22. The van der Waals surface area contributed by atoms with Gasteiger partial charge in [0.1, 0.15) is 6.07 Å². The van der Waals surface area contributed by atoms with Crippen molar-refractivity contribution in [3.8, 4) is 40.2 Å². The fraction of sp³-hybridized carbons (Fsp3) is 0. The molecule has 0 aliphatic carbocycles. The molecular weight excluding hydrogens is 428 g/mol. The van der Waals surface area contributed by atoms with Gasteiger partial charge in [-0.3, -0.25) is 4.98 Å².